The van der Waals surface area contributed by atoms with Gasteiger partial charge in [0, 0.05) is 33.1 Å². The van der Waals surface area contributed by atoms with Crippen LogP contribution in [0, 0.1) is 0 Å². The predicted octanol–water partition coefficient (Wildman–Crippen LogP) is 13.5. The van der Waals surface area contributed by atoms with E-state index in [1.54, 1.807) is 0 Å². The number of anilines is 3. The molecule has 2 aromatic heterocycles. The van der Waals surface area contributed by atoms with E-state index in [0.717, 1.165) is 55.8 Å². The van der Waals surface area contributed by atoms with Gasteiger partial charge in [-0.2, -0.15) is 0 Å². The molecule has 10 aromatic rings. The second-order valence-corrected chi connectivity index (χ2v) is 12.9. The van der Waals surface area contributed by atoms with Crippen molar-refractivity contribution in [2.45, 2.75) is 0 Å². The first-order valence-corrected chi connectivity index (χ1v) is 17.4. The first kappa shape index (κ1) is 29.1. The van der Waals surface area contributed by atoms with Crippen LogP contribution in [0.15, 0.2) is 199 Å². The topological polar surface area (TPSA) is 21.3 Å². The third-order valence-corrected chi connectivity index (χ3v) is 9.99. The minimum absolute atomic E-state index is 0.866. The van der Waals surface area contributed by atoms with Crippen LogP contribution in [-0.2, 0) is 0 Å². The van der Waals surface area contributed by atoms with E-state index in [2.05, 4.69) is 191 Å². The van der Waals surface area contributed by atoms with Gasteiger partial charge in [0.05, 0.1) is 27.8 Å². The van der Waals surface area contributed by atoms with Crippen LogP contribution in [0.2, 0.25) is 0 Å². The van der Waals surface area contributed by atoms with E-state index in [-0.39, 0.29) is 0 Å². The maximum absolute atomic E-state index is 6.40. The van der Waals surface area contributed by atoms with Crippen LogP contribution in [0.3, 0.4) is 0 Å². The fraction of sp³-hybridized carbons (Fsp3) is 0. The number of rotatable bonds is 6. The molecule has 3 nitrogen and oxygen atoms in total. The minimum atomic E-state index is 0.866. The zero-order valence-electron chi connectivity index (χ0n) is 27.8. The van der Waals surface area contributed by atoms with Crippen molar-refractivity contribution in [1.82, 2.24) is 4.57 Å². The van der Waals surface area contributed by atoms with Crippen molar-refractivity contribution < 1.29 is 4.42 Å². The lowest BCUT2D eigenvalue weighted by Crippen LogP contribution is -2.11. The fourth-order valence-electron chi connectivity index (χ4n) is 7.71. The quantitative estimate of drug-likeness (QED) is 0.178. The van der Waals surface area contributed by atoms with Gasteiger partial charge in [0.2, 0.25) is 0 Å². The highest BCUT2D eigenvalue weighted by Crippen LogP contribution is 2.46. The Kier molecular flexibility index (Phi) is 6.81. The largest absolute Gasteiger partial charge is 0.456 e. The normalized spacial score (nSPS) is 11.5. The maximum Gasteiger partial charge on any atom is 0.137 e. The Balaban J connectivity index is 1.19. The summed E-state index contributed by atoms with van der Waals surface area (Å²) in [6, 6.07) is 69.2. The van der Waals surface area contributed by atoms with Gasteiger partial charge in [-0.15, -0.1) is 0 Å². The van der Waals surface area contributed by atoms with Crippen molar-refractivity contribution in [2.75, 3.05) is 4.90 Å². The molecule has 0 unspecified atom stereocenters. The average molecular weight is 653 g/mol. The predicted molar refractivity (Wildman–Crippen MR) is 214 cm³/mol. The zero-order valence-corrected chi connectivity index (χ0v) is 27.8. The van der Waals surface area contributed by atoms with E-state index in [4.69, 9.17) is 4.42 Å². The molecule has 0 aliphatic carbocycles. The Labute approximate surface area is 295 Å². The summed E-state index contributed by atoms with van der Waals surface area (Å²) in [5.74, 6) is 0. The number of nitrogens with zero attached hydrogens (tertiary/aromatic N) is 2. The monoisotopic (exact) mass is 652 g/mol. The lowest BCUT2D eigenvalue weighted by Gasteiger charge is -2.29. The lowest BCUT2D eigenvalue weighted by molar-refractivity contribution is 0.669. The number of hydrogen-bond acceptors (Lipinski definition) is 2. The fourth-order valence-corrected chi connectivity index (χ4v) is 7.71. The van der Waals surface area contributed by atoms with Crippen molar-refractivity contribution in [3.8, 4) is 27.9 Å². The Bertz CT molecular complexity index is 2810. The van der Waals surface area contributed by atoms with Gasteiger partial charge in [-0.05, 0) is 77.4 Å². The zero-order chi connectivity index (χ0) is 33.7. The van der Waals surface area contributed by atoms with Crippen molar-refractivity contribution in [2.24, 2.45) is 0 Å². The summed E-state index contributed by atoms with van der Waals surface area (Å²) in [6.07, 6.45) is 0. The molecular formula is C48H32N2O. The molecule has 51 heavy (non-hydrogen) atoms. The van der Waals surface area contributed by atoms with Gasteiger partial charge in [-0.1, -0.05) is 133 Å². The van der Waals surface area contributed by atoms with Crippen molar-refractivity contribution in [3.63, 3.8) is 0 Å². The van der Waals surface area contributed by atoms with Crippen LogP contribution in [0.5, 0.6) is 0 Å². The van der Waals surface area contributed by atoms with E-state index in [0.29, 0.717) is 0 Å². The van der Waals surface area contributed by atoms with Crippen molar-refractivity contribution in [3.05, 3.63) is 194 Å². The SMILES string of the molecule is c1ccc(-c2ccc(N(c3ccccc3-c3cccc(-n4c5ccccc5c5ccccc54)c3)c3cccc4oc5ccccc5c34)cc2)cc1. The number of aromatic nitrogens is 1. The van der Waals surface area contributed by atoms with Gasteiger partial charge in [0.25, 0.3) is 0 Å². The van der Waals surface area contributed by atoms with Gasteiger partial charge < -0.3 is 13.9 Å². The molecule has 3 heteroatoms. The molecule has 0 saturated heterocycles. The third-order valence-electron chi connectivity index (χ3n) is 9.99. The molecule has 0 aliphatic heterocycles. The molecule has 240 valence electrons. The first-order chi connectivity index (χ1) is 25.3. The highest BCUT2D eigenvalue weighted by molar-refractivity contribution is 6.14. The first-order valence-electron chi connectivity index (χ1n) is 17.4. The van der Waals surface area contributed by atoms with Crippen LogP contribution in [-0.4, -0.2) is 4.57 Å². The van der Waals surface area contributed by atoms with Gasteiger partial charge in [-0.3, -0.25) is 0 Å². The Morgan fingerprint density at radius 3 is 1.75 bits per heavy atom. The Morgan fingerprint density at radius 2 is 0.961 bits per heavy atom. The maximum atomic E-state index is 6.40. The number of para-hydroxylation sites is 4. The van der Waals surface area contributed by atoms with E-state index in [9.17, 15) is 0 Å². The summed E-state index contributed by atoms with van der Waals surface area (Å²) in [7, 11) is 0. The molecule has 8 aromatic carbocycles. The molecular weight excluding hydrogens is 621 g/mol. The summed E-state index contributed by atoms with van der Waals surface area (Å²) in [5.41, 5.74) is 13.1. The smallest absolute Gasteiger partial charge is 0.137 e. The minimum Gasteiger partial charge on any atom is -0.456 e. The summed E-state index contributed by atoms with van der Waals surface area (Å²) in [6.45, 7) is 0. The molecule has 0 spiro atoms. The summed E-state index contributed by atoms with van der Waals surface area (Å²) in [5, 5.41) is 4.70. The Hall–Kier alpha value is -6.84. The van der Waals surface area contributed by atoms with Crippen LogP contribution in [0.4, 0.5) is 17.1 Å². The number of furan rings is 1. The molecule has 0 atom stereocenters. The molecule has 0 radical (unpaired) electrons. The van der Waals surface area contributed by atoms with Crippen molar-refractivity contribution in [1.29, 1.82) is 0 Å². The summed E-state index contributed by atoms with van der Waals surface area (Å²) in [4.78, 5) is 2.39. The second kappa shape index (κ2) is 11.9. The van der Waals surface area contributed by atoms with E-state index >= 15 is 0 Å². The molecule has 0 saturated carbocycles. The van der Waals surface area contributed by atoms with Crippen LogP contribution in [0.25, 0.3) is 71.7 Å². The standard InChI is InChI=1S/C48H32N2O/c1-2-14-33(15-3-1)34-28-30-36(31-29-34)49(45-25-13-27-47-48(45)41-21-7-11-26-46(41)51-47)42-22-8-4-18-38(42)35-16-12-17-37(32-35)50-43-23-9-5-19-39(43)40-20-6-10-24-44(40)50/h1-32H. The summed E-state index contributed by atoms with van der Waals surface area (Å²) < 4.78 is 8.79. The molecule has 0 aliphatic rings. The van der Waals surface area contributed by atoms with Crippen LogP contribution in [0.1, 0.15) is 0 Å². The van der Waals surface area contributed by atoms with Crippen LogP contribution >= 0.6 is 0 Å². The summed E-state index contributed by atoms with van der Waals surface area (Å²) >= 11 is 0. The number of fused-ring (bicyclic) bond motifs is 6. The Morgan fingerprint density at radius 1 is 0.392 bits per heavy atom. The van der Waals surface area contributed by atoms with Gasteiger partial charge >= 0.3 is 0 Å². The molecule has 0 fully saturated rings. The highest BCUT2D eigenvalue weighted by Gasteiger charge is 2.22. The van der Waals surface area contributed by atoms with Gasteiger partial charge in [0.15, 0.2) is 0 Å². The van der Waals surface area contributed by atoms with E-state index in [1.165, 1.54) is 32.9 Å². The highest BCUT2D eigenvalue weighted by atomic mass is 16.3. The third kappa shape index (κ3) is 4.82. The van der Waals surface area contributed by atoms with Gasteiger partial charge in [-0.25, -0.2) is 0 Å². The molecule has 0 bridgehead atoms. The van der Waals surface area contributed by atoms with Crippen molar-refractivity contribution >= 4 is 60.8 Å². The number of hydrogen-bond donors (Lipinski definition) is 0. The number of benzene rings is 8. The average Bonchev–Trinajstić information content (AvgIpc) is 3.75. The molecule has 2 heterocycles. The molecule has 10 rings (SSSR count). The van der Waals surface area contributed by atoms with E-state index in [1.807, 2.05) is 12.1 Å². The second-order valence-electron chi connectivity index (χ2n) is 12.9. The molecule has 0 amide bonds. The lowest BCUT2D eigenvalue weighted by atomic mass is 9.99. The van der Waals surface area contributed by atoms with Gasteiger partial charge in [0.1, 0.15) is 11.2 Å². The van der Waals surface area contributed by atoms with Crippen LogP contribution < -0.4 is 4.90 Å². The van der Waals surface area contributed by atoms with E-state index < -0.39 is 0 Å². The molecule has 0 N–H and O–H groups in total.